The number of halogens is 1. The Kier molecular flexibility index (Phi) is 6.46. The maximum absolute atomic E-state index is 15.7. The number of fused-ring (bicyclic) bond motifs is 1. The van der Waals surface area contributed by atoms with Crippen molar-refractivity contribution < 1.29 is 27.9 Å². The number of carboxylic acid groups (broad SMARTS) is 1. The number of anilines is 1. The standard InChI is InChI=1S/C29H28FN3O7/c1-16-3-5-18(6-4-16)24-13-31(9-10-32(24)14-25-17(2)38-29(37)40-25)23-12-22-20(11-21(23)30)27(34)26(39-28(35)36)15-33(22)19-7-8-19/h3-6,11-12,15,19,24H,7-10,13-14H2,1-2H3,(H,35,36). The number of piperazine rings is 1. The van der Waals surface area contributed by atoms with Gasteiger partial charge in [-0.05, 0) is 44.4 Å². The number of carbonyl (C=O) groups is 1. The van der Waals surface area contributed by atoms with E-state index in [1.807, 2.05) is 40.7 Å². The molecular weight excluding hydrogens is 521 g/mol. The smallest absolute Gasteiger partial charge is 0.449 e. The highest BCUT2D eigenvalue weighted by Gasteiger charge is 2.32. The van der Waals surface area contributed by atoms with Crippen molar-refractivity contribution in [3.63, 3.8) is 0 Å². The van der Waals surface area contributed by atoms with Crippen LogP contribution in [0.5, 0.6) is 5.75 Å². The third kappa shape index (κ3) is 4.88. The van der Waals surface area contributed by atoms with Crippen LogP contribution in [0, 0.1) is 19.7 Å². The molecule has 1 aliphatic heterocycles. The molecule has 1 aliphatic carbocycles. The molecule has 1 unspecified atom stereocenters. The first-order valence-electron chi connectivity index (χ1n) is 13.1. The molecule has 11 heteroatoms. The molecule has 10 nitrogen and oxygen atoms in total. The molecule has 2 aromatic heterocycles. The van der Waals surface area contributed by atoms with E-state index in [0.717, 1.165) is 24.0 Å². The molecule has 1 saturated heterocycles. The molecule has 3 heterocycles. The highest BCUT2D eigenvalue weighted by molar-refractivity contribution is 5.85. The topological polar surface area (TPSA) is 118 Å². The van der Waals surface area contributed by atoms with Crippen LogP contribution in [-0.2, 0) is 6.54 Å². The summed E-state index contributed by atoms with van der Waals surface area (Å²) >= 11 is 0. The van der Waals surface area contributed by atoms with Crippen molar-refractivity contribution in [3.8, 4) is 5.75 Å². The second-order valence-corrected chi connectivity index (χ2v) is 10.4. The summed E-state index contributed by atoms with van der Waals surface area (Å²) in [6.45, 7) is 5.53. The molecule has 40 heavy (non-hydrogen) atoms. The minimum atomic E-state index is -1.60. The Labute approximate surface area is 227 Å². The van der Waals surface area contributed by atoms with Gasteiger partial charge < -0.3 is 28.1 Å². The average Bonchev–Trinajstić information content (AvgIpc) is 3.71. The van der Waals surface area contributed by atoms with Gasteiger partial charge in [0.25, 0.3) is 0 Å². The second-order valence-electron chi connectivity index (χ2n) is 10.4. The summed E-state index contributed by atoms with van der Waals surface area (Å²) in [6.07, 6.45) is 1.55. The van der Waals surface area contributed by atoms with Crippen LogP contribution in [0.3, 0.4) is 0 Å². The molecule has 2 aromatic carbocycles. The van der Waals surface area contributed by atoms with Gasteiger partial charge in [-0.1, -0.05) is 29.8 Å². The van der Waals surface area contributed by atoms with Gasteiger partial charge in [-0.25, -0.2) is 14.0 Å². The van der Waals surface area contributed by atoms with Gasteiger partial charge in [0, 0.05) is 25.7 Å². The lowest BCUT2D eigenvalue weighted by Crippen LogP contribution is -2.48. The molecule has 1 atom stereocenters. The van der Waals surface area contributed by atoms with E-state index < -0.39 is 23.2 Å². The maximum Gasteiger partial charge on any atom is 0.519 e. The lowest BCUT2D eigenvalue weighted by atomic mass is 10.00. The largest absolute Gasteiger partial charge is 0.519 e. The highest BCUT2D eigenvalue weighted by atomic mass is 19.1. The quantitative estimate of drug-likeness (QED) is 0.340. The fourth-order valence-electron chi connectivity index (χ4n) is 5.43. The molecule has 1 saturated carbocycles. The first-order chi connectivity index (χ1) is 19.2. The number of aryl methyl sites for hydroxylation is 2. The van der Waals surface area contributed by atoms with Gasteiger partial charge in [-0.2, -0.15) is 0 Å². The van der Waals surface area contributed by atoms with Crippen LogP contribution in [0.15, 0.2) is 61.0 Å². The zero-order valence-electron chi connectivity index (χ0n) is 22.1. The molecule has 0 radical (unpaired) electrons. The van der Waals surface area contributed by atoms with Gasteiger partial charge >= 0.3 is 12.0 Å². The third-order valence-corrected chi connectivity index (χ3v) is 7.68. The number of aromatic nitrogens is 1. The van der Waals surface area contributed by atoms with E-state index in [2.05, 4.69) is 4.90 Å². The van der Waals surface area contributed by atoms with E-state index in [4.69, 9.17) is 18.7 Å². The number of benzene rings is 2. The predicted molar refractivity (Wildman–Crippen MR) is 144 cm³/mol. The Bertz CT molecular complexity index is 1720. The van der Waals surface area contributed by atoms with Gasteiger partial charge in [0.15, 0.2) is 11.5 Å². The molecule has 208 valence electrons. The summed E-state index contributed by atoms with van der Waals surface area (Å²) in [7, 11) is 0. The van der Waals surface area contributed by atoms with E-state index in [1.54, 1.807) is 13.0 Å². The lowest BCUT2D eigenvalue weighted by molar-refractivity contribution is 0.143. The van der Waals surface area contributed by atoms with Crippen LogP contribution in [0.25, 0.3) is 10.9 Å². The summed E-state index contributed by atoms with van der Waals surface area (Å²) in [5, 5.41) is 9.14. The number of ether oxygens (including phenoxy) is 1. The predicted octanol–water partition coefficient (Wildman–Crippen LogP) is 4.76. The Morgan fingerprint density at radius 1 is 1.10 bits per heavy atom. The molecule has 6 rings (SSSR count). The van der Waals surface area contributed by atoms with Crippen LogP contribution < -0.4 is 20.9 Å². The van der Waals surface area contributed by atoms with Gasteiger partial charge in [0.05, 0.1) is 35.4 Å². The van der Waals surface area contributed by atoms with Gasteiger partial charge in [0.2, 0.25) is 5.43 Å². The first kappa shape index (κ1) is 25.9. The van der Waals surface area contributed by atoms with Crippen molar-refractivity contribution in [2.75, 3.05) is 24.5 Å². The maximum atomic E-state index is 15.7. The van der Waals surface area contributed by atoms with Crippen molar-refractivity contribution in [2.24, 2.45) is 0 Å². The molecule has 0 spiro atoms. The summed E-state index contributed by atoms with van der Waals surface area (Å²) in [5.74, 6) is -0.768. The SMILES string of the molecule is Cc1ccc(C2CN(c3cc4c(cc3F)c(=O)c(OC(=O)O)cn4C3CC3)CCN2Cc2oc(=O)oc2C)cc1. The Morgan fingerprint density at radius 2 is 1.85 bits per heavy atom. The third-order valence-electron chi connectivity index (χ3n) is 7.68. The summed E-state index contributed by atoms with van der Waals surface area (Å²) in [5.41, 5.74) is 2.37. The minimum Gasteiger partial charge on any atom is -0.449 e. The van der Waals surface area contributed by atoms with Crippen molar-refractivity contribution in [3.05, 3.63) is 91.9 Å². The number of rotatable bonds is 6. The lowest BCUT2D eigenvalue weighted by Gasteiger charge is -2.42. The van der Waals surface area contributed by atoms with Crippen molar-refractivity contribution in [2.45, 2.75) is 45.3 Å². The van der Waals surface area contributed by atoms with Crippen molar-refractivity contribution in [1.82, 2.24) is 9.47 Å². The van der Waals surface area contributed by atoms with Gasteiger partial charge in [0.1, 0.15) is 11.6 Å². The number of pyridine rings is 1. The van der Waals surface area contributed by atoms with E-state index in [1.165, 1.54) is 12.3 Å². The van der Waals surface area contributed by atoms with Gasteiger partial charge in [-0.15, -0.1) is 0 Å². The minimum absolute atomic E-state index is 0.0751. The van der Waals surface area contributed by atoms with Crippen LogP contribution in [0.4, 0.5) is 14.9 Å². The molecule has 0 amide bonds. The fraction of sp³-hybridized carbons (Fsp3) is 0.345. The molecular formula is C29H28FN3O7. The zero-order valence-corrected chi connectivity index (χ0v) is 22.1. The molecule has 4 aromatic rings. The summed E-state index contributed by atoms with van der Waals surface area (Å²) < 4.78 is 32.5. The Hall–Kier alpha value is -4.38. The average molecular weight is 550 g/mol. The van der Waals surface area contributed by atoms with Crippen LogP contribution in [0.1, 0.15) is 47.6 Å². The number of hydrogen-bond donors (Lipinski definition) is 1. The highest BCUT2D eigenvalue weighted by Crippen LogP contribution is 2.39. The second kappa shape index (κ2) is 9.98. The summed E-state index contributed by atoms with van der Waals surface area (Å²) in [6, 6.07) is 10.9. The van der Waals surface area contributed by atoms with Gasteiger partial charge in [-0.3, -0.25) is 9.69 Å². The first-order valence-corrected chi connectivity index (χ1v) is 13.1. The van der Waals surface area contributed by atoms with E-state index in [0.29, 0.717) is 48.9 Å². The van der Waals surface area contributed by atoms with E-state index >= 15 is 4.39 Å². The van der Waals surface area contributed by atoms with Crippen LogP contribution >= 0.6 is 0 Å². The van der Waals surface area contributed by atoms with E-state index in [9.17, 15) is 14.4 Å². The number of hydrogen-bond acceptors (Lipinski definition) is 8. The molecule has 0 bridgehead atoms. The monoisotopic (exact) mass is 549 g/mol. The summed E-state index contributed by atoms with van der Waals surface area (Å²) in [4.78, 5) is 39.9. The Balaban J connectivity index is 1.38. The van der Waals surface area contributed by atoms with Crippen LogP contribution in [0.2, 0.25) is 0 Å². The normalized spacial score (nSPS) is 17.9. The van der Waals surface area contributed by atoms with E-state index in [-0.39, 0.29) is 23.2 Å². The molecule has 2 aliphatic rings. The fourth-order valence-corrected chi connectivity index (χ4v) is 5.43. The zero-order chi connectivity index (χ0) is 28.1. The molecule has 2 fully saturated rings. The molecule has 1 N–H and O–H groups in total. The van der Waals surface area contributed by atoms with Crippen molar-refractivity contribution in [1.29, 1.82) is 0 Å². The van der Waals surface area contributed by atoms with Crippen molar-refractivity contribution >= 4 is 22.7 Å². The Morgan fingerprint density at radius 3 is 2.50 bits per heavy atom. The van der Waals surface area contributed by atoms with Crippen LogP contribution in [-0.4, -0.2) is 40.4 Å². The number of nitrogens with zero attached hydrogens (tertiary/aromatic N) is 3.